The van der Waals surface area contributed by atoms with Crippen molar-refractivity contribution in [1.29, 1.82) is 0 Å². The Labute approximate surface area is 151 Å². The third kappa shape index (κ3) is 2.00. The summed E-state index contributed by atoms with van der Waals surface area (Å²) in [5, 5.41) is 0. The Balaban J connectivity index is 1.68. The van der Waals surface area contributed by atoms with Crippen LogP contribution < -0.4 is 0 Å². The van der Waals surface area contributed by atoms with Gasteiger partial charge in [-0.15, -0.1) is 0 Å². The van der Waals surface area contributed by atoms with Crippen LogP contribution >= 0.6 is 0 Å². The number of benzene rings is 2. The van der Waals surface area contributed by atoms with Crippen molar-refractivity contribution in [3.63, 3.8) is 0 Å². The summed E-state index contributed by atoms with van der Waals surface area (Å²) in [6.07, 6.45) is 11.5. The van der Waals surface area contributed by atoms with Gasteiger partial charge < -0.3 is 0 Å². The SMILES string of the molecule is Cc1ccc(-c2c3c(cc4c2C2CCC4CC2)C2CCC3CC2)cc1. The van der Waals surface area contributed by atoms with E-state index in [0.717, 1.165) is 23.7 Å². The van der Waals surface area contributed by atoms with Crippen LogP contribution in [0.5, 0.6) is 0 Å². The lowest BCUT2D eigenvalue weighted by atomic mass is 9.59. The Bertz CT molecular complexity index is 779. The van der Waals surface area contributed by atoms with E-state index < -0.39 is 0 Å². The van der Waals surface area contributed by atoms with E-state index in [4.69, 9.17) is 0 Å². The molecule has 0 nitrogen and oxygen atoms in total. The molecular formula is C25H28. The second-order valence-electron chi connectivity index (χ2n) is 9.22. The zero-order chi connectivity index (χ0) is 16.5. The first-order chi connectivity index (χ1) is 12.3. The molecule has 0 saturated heterocycles. The molecule has 2 fully saturated rings. The van der Waals surface area contributed by atoms with Crippen molar-refractivity contribution in [2.45, 2.75) is 82.0 Å². The van der Waals surface area contributed by atoms with Crippen LogP contribution in [0.1, 0.15) is 103 Å². The molecule has 0 radical (unpaired) electrons. The van der Waals surface area contributed by atoms with Crippen molar-refractivity contribution in [1.82, 2.24) is 0 Å². The van der Waals surface area contributed by atoms with E-state index in [9.17, 15) is 0 Å². The van der Waals surface area contributed by atoms with Crippen LogP contribution in [-0.4, -0.2) is 0 Å². The van der Waals surface area contributed by atoms with E-state index >= 15 is 0 Å². The highest BCUT2D eigenvalue weighted by molar-refractivity contribution is 5.77. The zero-order valence-electron chi connectivity index (χ0n) is 15.4. The highest BCUT2D eigenvalue weighted by Crippen LogP contribution is 2.59. The molecule has 128 valence electrons. The Hall–Kier alpha value is -1.56. The number of aryl methyl sites for hydroxylation is 1. The van der Waals surface area contributed by atoms with Crippen molar-refractivity contribution in [2.75, 3.05) is 0 Å². The molecule has 2 saturated carbocycles. The molecule has 25 heavy (non-hydrogen) atoms. The molecule has 6 aliphatic carbocycles. The van der Waals surface area contributed by atoms with Gasteiger partial charge in [0.1, 0.15) is 0 Å². The molecule has 0 heterocycles. The molecule has 0 spiro atoms. The standard InChI is InChI=1S/C25H28/c1-15-2-4-20(5-3-15)25-23-18-10-6-16(7-11-18)21(23)14-22-17-8-12-19(13-9-17)24(22)25/h2-5,14,16-19H,6-13H2,1H3. The molecule has 8 rings (SSSR count). The van der Waals surface area contributed by atoms with Crippen LogP contribution in [0.3, 0.4) is 0 Å². The average Bonchev–Trinajstić information content (AvgIpc) is 2.69. The number of rotatable bonds is 1. The molecule has 2 aromatic carbocycles. The monoisotopic (exact) mass is 328 g/mol. The van der Waals surface area contributed by atoms with Crippen LogP contribution in [-0.2, 0) is 0 Å². The van der Waals surface area contributed by atoms with Crippen molar-refractivity contribution >= 4 is 0 Å². The molecule has 0 heteroatoms. The fourth-order valence-corrected chi connectivity index (χ4v) is 6.73. The van der Waals surface area contributed by atoms with Gasteiger partial charge in [-0.3, -0.25) is 0 Å². The Morgan fingerprint density at radius 2 is 1.04 bits per heavy atom. The summed E-state index contributed by atoms with van der Waals surface area (Å²) in [6.45, 7) is 2.21. The third-order valence-corrected chi connectivity index (χ3v) is 7.96. The first kappa shape index (κ1) is 14.6. The summed E-state index contributed by atoms with van der Waals surface area (Å²) in [7, 11) is 0. The van der Waals surface area contributed by atoms with E-state index in [1.165, 1.54) is 62.5 Å². The molecular weight excluding hydrogens is 300 g/mol. The van der Waals surface area contributed by atoms with E-state index in [2.05, 4.69) is 37.3 Å². The van der Waals surface area contributed by atoms with Gasteiger partial charge in [0.2, 0.25) is 0 Å². The number of hydrogen-bond donors (Lipinski definition) is 0. The largest absolute Gasteiger partial charge is 0.0587 e. The average molecular weight is 328 g/mol. The quantitative estimate of drug-likeness (QED) is 0.520. The molecule has 0 aliphatic heterocycles. The third-order valence-electron chi connectivity index (χ3n) is 7.96. The minimum absolute atomic E-state index is 0.835. The fourth-order valence-electron chi connectivity index (χ4n) is 6.73. The second-order valence-corrected chi connectivity index (χ2v) is 9.22. The smallest absolute Gasteiger partial charge is 0.0108 e. The van der Waals surface area contributed by atoms with Crippen LogP contribution in [0.4, 0.5) is 0 Å². The lowest BCUT2D eigenvalue weighted by Crippen LogP contribution is -2.28. The molecule has 6 aliphatic rings. The molecule has 0 aromatic heterocycles. The summed E-state index contributed by atoms with van der Waals surface area (Å²) in [5.41, 5.74) is 11.7. The van der Waals surface area contributed by atoms with Gasteiger partial charge in [0.25, 0.3) is 0 Å². The minimum Gasteiger partial charge on any atom is -0.0587 e. The summed E-state index contributed by atoms with van der Waals surface area (Å²) >= 11 is 0. The Morgan fingerprint density at radius 3 is 1.52 bits per heavy atom. The number of fused-ring (bicyclic) bond motifs is 4. The van der Waals surface area contributed by atoms with E-state index in [0.29, 0.717) is 0 Å². The highest BCUT2D eigenvalue weighted by Gasteiger charge is 2.41. The highest BCUT2D eigenvalue weighted by atomic mass is 14.5. The van der Waals surface area contributed by atoms with Gasteiger partial charge in [0.05, 0.1) is 0 Å². The van der Waals surface area contributed by atoms with Crippen molar-refractivity contribution in [3.8, 4) is 11.1 Å². The maximum absolute atomic E-state index is 2.72. The Kier molecular flexibility index (Phi) is 3.05. The van der Waals surface area contributed by atoms with Gasteiger partial charge in [-0.05, 0) is 115 Å². The van der Waals surface area contributed by atoms with E-state index in [1.54, 1.807) is 27.8 Å². The van der Waals surface area contributed by atoms with Gasteiger partial charge in [0.15, 0.2) is 0 Å². The van der Waals surface area contributed by atoms with Crippen LogP contribution in [0.25, 0.3) is 11.1 Å². The molecule has 2 aromatic rings. The maximum atomic E-state index is 2.72. The normalized spacial score (nSPS) is 31.7. The molecule has 0 atom stereocenters. The first-order valence-electron chi connectivity index (χ1n) is 10.6. The summed E-state index contributed by atoms with van der Waals surface area (Å²) in [6, 6.07) is 12.2. The second kappa shape index (κ2) is 5.22. The van der Waals surface area contributed by atoms with Gasteiger partial charge in [-0.1, -0.05) is 35.9 Å². The van der Waals surface area contributed by atoms with Gasteiger partial charge >= 0.3 is 0 Å². The maximum Gasteiger partial charge on any atom is -0.0108 e. The predicted molar refractivity (Wildman–Crippen MR) is 105 cm³/mol. The van der Waals surface area contributed by atoms with Crippen LogP contribution in [0, 0.1) is 6.92 Å². The zero-order valence-corrected chi connectivity index (χ0v) is 15.4. The van der Waals surface area contributed by atoms with Crippen LogP contribution in [0.15, 0.2) is 30.3 Å². The number of hydrogen-bond acceptors (Lipinski definition) is 0. The van der Waals surface area contributed by atoms with E-state index in [1.807, 2.05) is 0 Å². The summed E-state index contributed by atoms with van der Waals surface area (Å²) < 4.78 is 0. The van der Waals surface area contributed by atoms with E-state index in [-0.39, 0.29) is 0 Å². The molecule has 0 N–H and O–H groups in total. The van der Waals surface area contributed by atoms with Crippen LogP contribution in [0.2, 0.25) is 0 Å². The Morgan fingerprint density at radius 1 is 0.600 bits per heavy atom. The predicted octanol–water partition coefficient (Wildman–Crippen LogP) is 7.17. The lowest BCUT2D eigenvalue weighted by molar-refractivity contribution is 0.342. The molecule has 4 bridgehead atoms. The van der Waals surface area contributed by atoms with Crippen molar-refractivity contribution in [2.24, 2.45) is 0 Å². The minimum atomic E-state index is 0.835. The molecule has 0 amide bonds. The fraction of sp³-hybridized carbons (Fsp3) is 0.520. The topological polar surface area (TPSA) is 0 Å². The first-order valence-corrected chi connectivity index (χ1v) is 10.6. The van der Waals surface area contributed by atoms with Gasteiger partial charge in [-0.25, -0.2) is 0 Å². The summed E-state index contributed by atoms with van der Waals surface area (Å²) in [5.74, 6) is 3.38. The van der Waals surface area contributed by atoms with Crippen molar-refractivity contribution in [3.05, 3.63) is 58.1 Å². The van der Waals surface area contributed by atoms with Gasteiger partial charge in [-0.2, -0.15) is 0 Å². The molecule has 0 unspecified atom stereocenters. The van der Waals surface area contributed by atoms with Crippen molar-refractivity contribution < 1.29 is 0 Å². The lowest BCUT2D eigenvalue weighted by Gasteiger charge is -2.46. The van der Waals surface area contributed by atoms with Gasteiger partial charge in [0, 0.05) is 0 Å². The summed E-state index contributed by atoms with van der Waals surface area (Å²) in [4.78, 5) is 0.